The normalized spacial score (nSPS) is 12.9. The number of benzene rings is 1. The molecule has 5 heteroatoms. The van der Waals surface area contributed by atoms with Crippen LogP contribution in [-0.4, -0.2) is 15.3 Å². The average Bonchev–Trinajstić information content (AvgIpc) is 2.01. The van der Waals surface area contributed by atoms with E-state index in [2.05, 4.69) is 15.9 Å². The minimum Gasteiger partial charge on any atom is -0.504 e. The Morgan fingerprint density at radius 3 is 2.46 bits per heavy atom. The van der Waals surface area contributed by atoms with Crippen LogP contribution in [0, 0.1) is 5.82 Å². The average molecular weight is 251 g/mol. The van der Waals surface area contributed by atoms with E-state index in [0.29, 0.717) is 0 Å². The molecule has 1 atom stereocenters. The van der Waals surface area contributed by atoms with E-state index in [9.17, 15) is 9.50 Å². The summed E-state index contributed by atoms with van der Waals surface area (Å²) in [6, 6.07) is 0.769. The van der Waals surface area contributed by atoms with Crippen molar-refractivity contribution in [1.29, 1.82) is 0 Å². The third-order valence-electron chi connectivity index (χ3n) is 1.63. The summed E-state index contributed by atoms with van der Waals surface area (Å²) in [6.07, 6.45) is -1.06. The molecule has 0 bridgehead atoms. The summed E-state index contributed by atoms with van der Waals surface area (Å²) in [5.41, 5.74) is -0.0579. The van der Waals surface area contributed by atoms with Crippen molar-refractivity contribution in [3.63, 3.8) is 0 Å². The van der Waals surface area contributed by atoms with Gasteiger partial charge in [0.25, 0.3) is 0 Å². The first-order valence-electron chi connectivity index (χ1n) is 3.53. The Balaban J connectivity index is 3.46. The number of hydrogen-bond donors (Lipinski definition) is 3. The van der Waals surface area contributed by atoms with Crippen molar-refractivity contribution in [3.8, 4) is 11.5 Å². The zero-order chi connectivity index (χ0) is 10.2. The van der Waals surface area contributed by atoms with Crippen LogP contribution >= 0.6 is 15.9 Å². The minimum absolute atomic E-state index is 0.0437. The third-order valence-corrected chi connectivity index (χ3v) is 2.43. The Morgan fingerprint density at radius 1 is 1.46 bits per heavy atom. The summed E-state index contributed by atoms with van der Waals surface area (Å²) in [4.78, 5) is 0. The van der Waals surface area contributed by atoms with Gasteiger partial charge in [0.1, 0.15) is 5.82 Å². The maximum atomic E-state index is 13.0. The van der Waals surface area contributed by atoms with E-state index in [1.807, 2.05) is 0 Å². The highest BCUT2D eigenvalue weighted by molar-refractivity contribution is 9.10. The van der Waals surface area contributed by atoms with Crippen molar-refractivity contribution in [2.45, 2.75) is 13.0 Å². The Hall–Kier alpha value is -0.810. The van der Waals surface area contributed by atoms with Crippen LogP contribution in [0.2, 0.25) is 0 Å². The van der Waals surface area contributed by atoms with Gasteiger partial charge in [0.2, 0.25) is 0 Å². The number of phenols is 2. The van der Waals surface area contributed by atoms with E-state index in [1.165, 1.54) is 6.92 Å². The standard InChI is InChI=1S/C8H8BrFO3/c1-3(11)6-7(9)4(10)2-5(12)8(6)13/h2-3,11-13H,1H3. The lowest BCUT2D eigenvalue weighted by molar-refractivity contribution is 0.192. The lowest BCUT2D eigenvalue weighted by Crippen LogP contribution is -1.96. The summed E-state index contributed by atoms with van der Waals surface area (Å²) >= 11 is 2.86. The van der Waals surface area contributed by atoms with Crippen molar-refractivity contribution in [3.05, 3.63) is 21.9 Å². The molecule has 0 fully saturated rings. The molecule has 0 aromatic heterocycles. The molecule has 1 unspecified atom stereocenters. The maximum Gasteiger partial charge on any atom is 0.164 e. The number of aliphatic hydroxyl groups excluding tert-OH is 1. The van der Waals surface area contributed by atoms with E-state index < -0.39 is 23.4 Å². The van der Waals surface area contributed by atoms with E-state index >= 15 is 0 Å². The van der Waals surface area contributed by atoms with Crippen LogP contribution in [0.1, 0.15) is 18.6 Å². The first-order chi connectivity index (χ1) is 5.95. The number of hydrogen-bond acceptors (Lipinski definition) is 3. The maximum absolute atomic E-state index is 13.0. The molecular weight excluding hydrogens is 243 g/mol. The molecule has 1 rings (SSSR count). The Bertz CT molecular complexity index is 312. The third kappa shape index (κ3) is 1.76. The molecule has 72 valence electrons. The number of aromatic hydroxyl groups is 2. The van der Waals surface area contributed by atoms with Crippen LogP contribution in [0.3, 0.4) is 0 Å². The first-order valence-corrected chi connectivity index (χ1v) is 4.32. The summed E-state index contributed by atoms with van der Waals surface area (Å²) in [5, 5.41) is 27.5. The summed E-state index contributed by atoms with van der Waals surface area (Å²) in [5.74, 6) is -1.83. The van der Waals surface area contributed by atoms with Gasteiger partial charge in [0.15, 0.2) is 11.5 Å². The highest BCUT2D eigenvalue weighted by atomic mass is 79.9. The van der Waals surface area contributed by atoms with E-state index in [-0.39, 0.29) is 10.0 Å². The van der Waals surface area contributed by atoms with E-state index in [0.717, 1.165) is 6.07 Å². The van der Waals surface area contributed by atoms with Crippen molar-refractivity contribution < 1.29 is 19.7 Å². The van der Waals surface area contributed by atoms with E-state index in [1.54, 1.807) is 0 Å². The molecule has 3 nitrogen and oxygen atoms in total. The van der Waals surface area contributed by atoms with Gasteiger partial charge in [0, 0.05) is 11.6 Å². The zero-order valence-electron chi connectivity index (χ0n) is 6.75. The highest BCUT2D eigenvalue weighted by Crippen LogP contribution is 2.39. The van der Waals surface area contributed by atoms with Crippen LogP contribution < -0.4 is 0 Å². The molecule has 1 aromatic rings. The quantitative estimate of drug-likeness (QED) is 0.669. The minimum atomic E-state index is -1.06. The van der Waals surface area contributed by atoms with Crippen molar-refractivity contribution >= 4 is 15.9 Å². The van der Waals surface area contributed by atoms with Gasteiger partial charge in [-0.1, -0.05) is 0 Å². The van der Waals surface area contributed by atoms with Gasteiger partial charge in [-0.05, 0) is 22.9 Å². The second-order valence-corrected chi connectivity index (χ2v) is 3.42. The predicted octanol–water partition coefficient (Wildman–Crippen LogP) is 2.05. The van der Waals surface area contributed by atoms with Crippen LogP contribution in [0.5, 0.6) is 11.5 Å². The molecule has 0 spiro atoms. The Labute approximate surface area is 82.6 Å². The van der Waals surface area contributed by atoms with Crippen LogP contribution in [0.4, 0.5) is 4.39 Å². The van der Waals surface area contributed by atoms with Gasteiger partial charge in [-0.2, -0.15) is 0 Å². The van der Waals surface area contributed by atoms with Gasteiger partial charge in [-0.3, -0.25) is 0 Å². The fraction of sp³-hybridized carbons (Fsp3) is 0.250. The van der Waals surface area contributed by atoms with Gasteiger partial charge in [0.05, 0.1) is 10.6 Å². The SMILES string of the molecule is CC(O)c1c(O)c(O)cc(F)c1Br. The lowest BCUT2D eigenvalue weighted by atomic mass is 10.1. The topological polar surface area (TPSA) is 60.7 Å². The number of rotatable bonds is 1. The van der Waals surface area contributed by atoms with Gasteiger partial charge in [-0.25, -0.2) is 4.39 Å². The smallest absolute Gasteiger partial charge is 0.164 e. The van der Waals surface area contributed by atoms with Crippen molar-refractivity contribution in [2.24, 2.45) is 0 Å². The molecule has 0 aliphatic rings. The van der Waals surface area contributed by atoms with Crippen LogP contribution in [0.15, 0.2) is 10.5 Å². The molecule has 0 radical (unpaired) electrons. The molecular formula is C8H8BrFO3. The fourth-order valence-corrected chi connectivity index (χ4v) is 1.64. The second kappa shape index (κ2) is 3.51. The predicted molar refractivity (Wildman–Crippen MR) is 48.1 cm³/mol. The molecule has 3 N–H and O–H groups in total. The Kier molecular flexibility index (Phi) is 2.77. The zero-order valence-corrected chi connectivity index (χ0v) is 8.34. The highest BCUT2D eigenvalue weighted by Gasteiger charge is 2.19. The molecule has 0 aliphatic heterocycles. The molecule has 0 heterocycles. The lowest BCUT2D eigenvalue weighted by Gasteiger charge is -2.11. The summed E-state index contributed by atoms with van der Waals surface area (Å²) in [7, 11) is 0. The van der Waals surface area contributed by atoms with Gasteiger partial charge < -0.3 is 15.3 Å². The molecule has 0 aliphatic carbocycles. The monoisotopic (exact) mass is 250 g/mol. The first kappa shape index (κ1) is 10.3. The van der Waals surface area contributed by atoms with Gasteiger partial charge in [-0.15, -0.1) is 0 Å². The summed E-state index contributed by atoms with van der Waals surface area (Å²) in [6.45, 7) is 1.36. The number of aliphatic hydroxyl groups is 1. The second-order valence-electron chi connectivity index (χ2n) is 2.63. The Morgan fingerprint density at radius 2 is 2.00 bits per heavy atom. The molecule has 1 aromatic carbocycles. The van der Waals surface area contributed by atoms with Crippen LogP contribution in [-0.2, 0) is 0 Å². The molecule has 0 amide bonds. The molecule has 13 heavy (non-hydrogen) atoms. The summed E-state index contributed by atoms with van der Waals surface area (Å²) < 4.78 is 12.9. The number of phenolic OH excluding ortho intramolecular Hbond substituents is 2. The van der Waals surface area contributed by atoms with Gasteiger partial charge >= 0.3 is 0 Å². The van der Waals surface area contributed by atoms with Crippen LogP contribution in [0.25, 0.3) is 0 Å². The molecule has 0 saturated heterocycles. The van der Waals surface area contributed by atoms with E-state index in [4.69, 9.17) is 10.2 Å². The van der Waals surface area contributed by atoms with Crippen molar-refractivity contribution in [1.82, 2.24) is 0 Å². The number of halogens is 2. The van der Waals surface area contributed by atoms with Crippen molar-refractivity contribution in [2.75, 3.05) is 0 Å². The largest absolute Gasteiger partial charge is 0.504 e. The molecule has 0 saturated carbocycles. The fourth-order valence-electron chi connectivity index (χ4n) is 1.00.